The summed E-state index contributed by atoms with van der Waals surface area (Å²) in [5.74, 6) is 0.388. The van der Waals surface area contributed by atoms with E-state index in [9.17, 15) is 4.79 Å². The summed E-state index contributed by atoms with van der Waals surface area (Å²) in [7, 11) is 0. The van der Waals surface area contributed by atoms with Gasteiger partial charge in [0.1, 0.15) is 0 Å². The van der Waals surface area contributed by atoms with Crippen LogP contribution in [0, 0.1) is 12.8 Å². The van der Waals surface area contributed by atoms with E-state index in [1.54, 1.807) is 11.8 Å². The van der Waals surface area contributed by atoms with Crippen LogP contribution in [-0.4, -0.2) is 16.2 Å². The Hall–Kier alpha value is -1.09. The van der Waals surface area contributed by atoms with E-state index in [1.807, 2.05) is 12.1 Å². The zero-order chi connectivity index (χ0) is 12.4. The van der Waals surface area contributed by atoms with E-state index < -0.39 is 0 Å². The Kier molecular flexibility index (Phi) is 3.67. The van der Waals surface area contributed by atoms with Gasteiger partial charge in [-0.1, -0.05) is 49.9 Å². The number of benzene rings is 1. The van der Waals surface area contributed by atoms with Gasteiger partial charge in [0.05, 0.1) is 10.3 Å². The molecule has 1 aliphatic heterocycles. The molecule has 1 unspecified atom stereocenters. The molecule has 2 rings (SSSR count). The molecule has 0 saturated carbocycles. The summed E-state index contributed by atoms with van der Waals surface area (Å²) >= 11 is 1.63. The van der Waals surface area contributed by atoms with Gasteiger partial charge in [0, 0.05) is 6.42 Å². The van der Waals surface area contributed by atoms with Crippen molar-refractivity contribution in [2.24, 2.45) is 10.9 Å². The van der Waals surface area contributed by atoms with Crippen molar-refractivity contribution < 1.29 is 4.79 Å². The molecule has 1 atom stereocenters. The van der Waals surface area contributed by atoms with Crippen molar-refractivity contribution in [1.82, 2.24) is 0 Å². The second-order valence-electron chi connectivity index (χ2n) is 4.73. The summed E-state index contributed by atoms with van der Waals surface area (Å²) in [6.07, 6.45) is 0.784. The Morgan fingerprint density at radius 1 is 1.35 bits per heavy atom. The van der Waals surface area contributed by atoms with Gasteiger partial charge in [-0.25, -0.2) is 4.99 Å². The van der Waals surface area contributed by atoms with Crippen LogP contribution in [0.25, 0.3) is 0 Å². The summed E-state index contributed by atoms with van der Waals surface area (Å²) in [5.41, 5.74) is 2.52. The minimum absolute atomic E-state index is 0.0222. The van der Waals surface area contributed by atoms with Gasteiger partial charge >= 0.3 is 0 Å². The molecule has 0 N–H and O–H groups in total. The smallest absolute Gasteiger partial charge is 0.260 e. The largest absolute Gasteiger partial charge is 0.271 e. The van der Waals surface area contributed by atoms with Gasteiger partial charge in [0.25, 0.3) is 5.91 Å². The van der Waals surface area contributed by atoms with E-state index in [4.69, 9.17) is 0 Å². The molecular weight excluding hydrogens is 230 g/mol. The van der Waals surface area contributed by atoms with Crippen LogP contribution in [0.4, 0.5) is 0 Å². The number of rotatable bonds is 3. The third-order valence-corrected chi connectivity index (χ3v) is 4.46. The molecule has 2 nitrogen and oxygen atoms in total. The molecule has 1 aliphatic rings. The van der Waals surface area contributed by atoms with Crippen LogP contribution in [-0.2, 0) is 11.2 Å². The fourth-order valence-corrected chi connectivity index (χ4v) is 2.98. The SMILES string of the molecule is Cc1ccccc1CC1=NC(=O)C(C(C)C)S1. The third kappa shape index (κ3) is 2.78. The van der Waals surface area contributed by atoms with E-state index in [2.05, 4.69) is 37.9 Å². The molecule has 17 heavy (non-hydrogen) atoms. The number of thioether (sulfide) groups is 1. The monoisotopic (exact) mass is 247 g/mol. The van der Waals surface area contributed by atoms with Gasteiger partial charge < -0.3 is 0 Å². The minimum atomic E-state index is 0.0222. The number of aliphatic imine (C=N–C) groups is 1. The number of amides is 1. The standard InChI is InChI=1S/C14H17NOS/c1-9(2)13-14(16)15-12(17-13)8-11-7-5-4-6-10(11)3/h4-7,9,13H,8H2,1-3H3. The molecule has 90 valence electrons. The van der Waals surface area contributed by atoms with Crippen LogP contribution in [0.3, 0.4) is 0 Å². The number of nitrogens with zero attached hydrogens (tertiary/aromatic N) is 1. The van der Waals surface area contributed by atoms with Crippen molar-refractivity contribution in [2.75, 3.05) is 0 Å². The maximum absolute atomic E-state index is 11.7. The predicted octanol–water partition coefficient (Wildman–Crippen LogP) is 3.23. The van der Waals surface area contributed by atoms with Gasteiger partial charge in [0.15, 0.2) is 0 Å². The highest BCUT2D eigenvalue weighted by Crippen LogP contribution is 2.30. The lowest BCUT2D eigenvalue weighted by Gasteiger charge is -2.10. The van der Waals surface area contributed by atoms with E-state index in [0.717, 1.165) is 11.5 Å². The van der Waals surface area contributed by atoms with Gasteiger partial charge in [-0.15, -0.1) is 0 Å². The zero-order valence-electron chi connectivity index (χ0n) is 10.4. The average molecular weight is 247 g/mol. The Bertz CT molecular complexity index is 465. The topological polar surface area (TPSA) is 29.4 Å². The maximum atomic E-state index is 11.7. The molecule has 1 amide bonds. The predicted molar refractivity (Wildman–Crippen MR) is 73.5 cm³/mol. The van der Waals surface area contributed by atoms with Crippen LogP contribution in [0.1, 0.15) is 25.0 Å². The number of hydrogen-bond donors (Lipinski definition) is 0. The fraction of sp³-hybridized carbons (Fsp3) is 0.429. The van der Waals surface area contributed by atoms with E-state index >= 15 is 0 Å². The van der Waals surface area contributed by atoms with Crippen LogP contribution in [0.5, 0.6) is 0 Å². The molecule has 1 aromatic carbocycles. The van der Waals surface area contributed by atoms with Crippen molar-refractivity contribution >= 4 is 22.7 Å². The lowest BCUT2D eigenvalue weighted by Crippen LogP contribution is -2.17. The molecule has 0 spiro atoms. The normalized spacial score (nSPS) is 19.9. The summed E-state index contributed by atoms with van der Waals surface area (Å²) in [5, 5.41) is 0.983. The number of carbonyl (C=O) groups is 1. The van der Waals surface area contributed by atoms with Crippen LogP contribution >= 0.6 is 11.8 Å². The van der Waals surface area contributed by atoms with Crippen LogP contribution in [0.15, 0.2) is 29.3 Å². The lowest BCUT2D eigenvalue weighted by molar-refractivity contribution is -0.117. The Labute approximate surface area is 107 Å². The third-order valence-electron chi connectivity index (χ3n) is 2.95. The molecule has 1 aromatic rings. The molecule has 3 heteroatoms. The molecule has 0 aliphatic carbocycles. The molecule has 0 saturated heterocycles. The van der Waals surface area contributed by atoms with Gasteiger partial charge in [-0.2, -0.15) is 0 Å². The number of aryl methyl sites for hydroxylation is 1. The second-order valence-corrected chi connectivity index (χ2v) is 5.94. The van der Waals surface area contributed by atoms with Gasteiger partial charge in [-0.3, -0.25) is 4.79 Å². The van der Waals surface area contributed by atoms with Crippen molar-refractivity contribution in [3.63, 3.8) is 0 Å². The van der Waals surface area contributed by atoms with Crippen molar-refractivity contribution in [3.8, 4) is 0 Å². The Balaban J connectivity index is 2.10. The molecule has 1 heterocycles. The zero-order valence-corrected chi connectivity index (χ0v) is 11.3. The van der Waals surface area contributed by atoms with E-state index in [-0.39, 0.29) is 11.2 Å². The highest BCUT2D eigenvalue weighted by molar-refractivity contribution is 8.15. The second kappa shape index (κ2) is 5.05. The van der Waals surface area contributed by atoms with Crippen LogP contribution < -0.4 is 0 Å². The lowest BCUT2D eigenvalue weighted by atomic mass is 10.1. The summed E-state index contributed by atoms with van der Waals surface area (Å²) in [6, 6.07) is 8.26. The fourth-order valence-electron chi connectivity index (χ4n) is 1.88. The Morgan fingerprint density at radius 2 is 2.06 bits per heavy atom. The summed E-state index contributed by atoms with van der Waals surface area (Å²) < 4.78 is 0. The molecule has 0 aromatic heterocycles. The van der Waals surface area contributed by atoms with E-state index in [0.29, 0.717) is 5.92 Å². The first-order chi connectivity index (χ1) is 8.08. The van der Waals surface area contributed by atoms with Crippen molar-refractivity contribution in [2.45, 2.75) is 32.4 Å². The first kappa shape index (κ1) is 12.4. The number of carbonyl (C=O) groups excluding carboxylic acids is 1. The van der Waals surface area contributed by atoms with E-state index in [1.165, 1.54) is 11.1 Å². The van der Waals surface area contributed by atoms with Gasteiger partial charge in [-0.05, 0) is 24.0 Å². The molecular formula is C14H17NOS. The number of hydrogen-bond acceptors (Lipinski definition) is 2. The first-order valence-electron chi connectivity index (χ1n) is 5.90. The van der Waals surface area contributed by atoms with Crippen LogP contribution in [0.2, 0.25) is 0 Å². The van der Waals surface area contributed by atoms with Crippen molar-refractivity contribution in [1.29, 1.82) is 0 Å². The van der Waals surface area contributed by atoms with Gasteiger partial charge in [0.2, 0.25) is 0 Å². The Morgan fingerprint density at radius 3 is 2.65 bits per heavy atom. The highest BCUT2D eigenvalue weighted by atomic mass is 32.2. The quantitative estimate of drug-likeness (QED) is 0.820. The summed E-state index contributed by atoms with van der Waals surface area (Å²) in [6.45, 7) is 6.24. The highest BCUT2D eigenvalue weighted by Gasteiger charge is 2.30. The molecule has 0 bridgehead atoms. The summed E-state index contributed by atoms with van der Waals surface area (Å²) in [4.78, 5) is 15.9. The molecule has 0 radical (unpaired) electrons. The maximum Gasteiger partial charge on any atom is 0.260 e. The molecule has 0 fully saturated rings. The minimum Gasteiger partial charge on any atom is -0.271 e. The first-order valence-corrected chi connectivity index (χ1v) is 6.78. The van der Waals surface area contributed by atoms with Crippen molar-refractivity contribution in [3.05, 3.63) is 35.4 Å². The average Bonchev–Trinajstić information content (AvgIpc) is 2.63.